The van der Waals surface area contributed by atoms with Crippen molar-refractivity contribution in [3.05, 3.63) is 68.4 Å². The van der Waals surface area contributed by atoms with Crippen LogP contribution in [0.15, 0.2) is 58.4 Å². The molecular formula is C16H10FIN2OS. The Morgan fingerprint density at radius 1 is 1.18 bits per heavy atom. The topological polar surface area (TPSA) is 41.5 Å². The van der Waals surface area contributed by atoms with Crippen LogP contribution in [0, 0.1) is 9.39 Å². The third kappa shape index (κ3) is 3.75. The fourth-order valence-corrected chi connectivity index (χ4v) is 3.22. The maximum atomic E-state index is 12.9. The molecule has 0 aliphatic carbocycles. The Morgan fingerprint density at radius 2 is 1.95 bits per heavy atom. The molecule has 1 N–H and O–H groups in total. The molecule has 0 spiro atoms. The number of carbonyl (C=O) groups is 1. The summed E-state index contributed by atoms with van der Waals surface area (Å²) in [7, 11) is 0. The number of amides is 1. The SMILES string of the molecule is O=C1NC(=Nc2cccc(I)c2)S/C1=C/c1ccc(F)cc1. The highest BCUT2D eigenvalue weighted by Gasteiger charge is 2.23. The molecule has 1 saturated heterocycles. The Kier molecular flexibility index (Phi) is 4.58. The third-order valence-electron chi connectivity index (χ3n) is 2.86. The summed E-state index contributed by atoms with van der Waals surface area (Å²) >= 11 is 3.49. The Morgan fingerprint density at radius 3 is 2.68 bits per heavy atom. The number of benzene rings is 2. The fraction of sp³-hybridized carbons (Fsp3) is 0. The summed E-state index contributed by atoms with van der Waals surface area (Å²) in [5.74, 6) is -0.495. The molecule has 110 valence electrons. The van der Waals surface area contributed by atoms with E-state index >= 15 is 0 Å². The van der Waals surface area contributed by atoms with E-state index in [1.165, 1.54) is 23.9 Å². The average molecular weight is 424 g/mol. The van der Waals surface area contributed by atoms with Gasteiger partial charge in [0.05, 0.1) is 10.6 Å². The molecule has 0 bridgehead atoms. The number of nitrogens with zero attached hydrogens (tertiary/aromatic N) is 1. The molecule has 2 aromatic carbocycles. The molecule has 3 nitrogen and oxygen atoms in total. The van der Waals surface area contributed by atoms with Crippen LogP contribution in [0.1, 0.15) is 5.56 Å². The maximum absolute atomic E-state index is 12.9. The van der Waals surface area contributed by atoms with E-state index in [9.17, 15) is 9.18 Å². The van der Waals surface area contributed by atoms with Gasteiger partial charge in [0, 0.05) is 3.57 Å². The number of hydrogen-bond donors (Lipinski definition) is 1. The molecule has 3 rings (SSSR count). The first-order chi connectivity index (χ1) is 10.6. The lowest BCUT2D eigenvalue weighted by atomic mass is 10.2. The fourth-order valence-electron chi connectivity index (χ4n) is 1.85. The van der Waals surface area contributed by atoms with Crippen molar-refractivity contribution in [2.45, 2.75) is 0 Å². The minimum Gasteiger partial charge on any atom is -0.300 e. The number of nitrogens with one attached hydrogen (secondary N) is 1. The lowest BCUT2D eigenvalue weighted by molar-refractivity contribution is -0.115. The second-order valence-corrected chi connectivity index (χ2v) is 6.79. The summed E-state index contributed by atoms with van der Waals surface area (Å²) in [5, 5.41) is 3.27. The van der Waals surface area contributed by atoms with Crippen LogP contribution in [-0.2, 0) is 4.79 Å². The van der Waals surface area contributed by atoms with E-state index in [0.717, 1.165) is 14.8 Å². The van der Waals surface area contributed by atoms with Crippen LogP contribution in [0.5, 0.6) is 0 Å². The van der Waals surface area contributed by atoms with Gasteiger partial charge in [-0.25, -0.2) is 9.38 Å². The van der Waals surface area contributed by atoms with Crippen LogP contribution in [-0.4, -0.2) is 11.1 Å². The molecule has 0 atom stereocenters. The Bertz CT molecular complexity index is 787. The summed E-state index contributed by atoms with van der Waals surface area (Å²) in [5.41, 5.74) is 1.56. The molecule has 0 unspecified atom stereocenters. The molecule has 0 aromatic heterocycles. The van der Waals surface area contributed by atoms with Gasteiger partial charge in [0.2, 0.25) is 0 Å². The van der Waals surface area contributed by atoms with Gasteiger partial charge in [-0.1, -0.05) is 18.2 Å². The molecule has 0 saturated carbocycles. The van der Waals surface area contributed by atoms with E-state index in [1.54, 1.807) is 18.2 Å². The average Bonchev–Trinajstić information content (AvgIpc) is 2.81. The summed E-state index contributed by atoms with van der Waals surface area (Å²) in [6.07, 6.45) is 1.72. The molecule has 22 heavy (non-hydrogen) atoms. The highest BCUT2D eigenvalue weighted by Crippen LogP contribution is 2.28. The third-order valence-corrected chi connectivity index (χ3v) is 4.44. The Hall–Kier alpha value is -1.67. The van der Waals surface area contributed by atoms with Gasteiger partial charge in [-0.3, -0.25) is 4.79 Å². The monoisotopic (exact) mass is 424 g/mol. The van der Waals surface area contributed by atoms with Crippen molar-refractivity contribution in [1.82, 2.24) is 5.32 Å². The van der Waals surface area contributed by atoms with Crippen LogP contribution < -0.4 is 5.32 Å². The predicted octanol–water partition coefficient (Wildman–Crippen LogP) is 4.32. The molecule has 1 fully saturated rings. The van der Waals surface area contributed by atoms with E-state index in [0.29, 0.717) is 10.1 Å². The highest BCUT2D eigenvalue weighted by atomic mass is 127. The summed E-state index contributed by atoms with van der Waals surface area (Å²) in [6, 6.07) is 13.7. The standard InChI is InChI=1S/C16H10FIN2OS/c17-11-6-4-10(5-7-11)8-14-15(21)20-16(22-14)19-13-3-1-2-12(18)9-13/h1-9H,(H,19,20,21)/b14-8+. The van der Waals surface area contributed by atoms with Gasteiger partial charge >= 0.3 is 0 Å². The van der Waals surface area contributed by atoms with Crippen LogP contribution in [0.2, 0.25) is 0 Å². The van der Waals surface area contributed by atoms with Crippen molar-refractivity contribution in [2.24, 2.45) is 4.99 Å². The van der Waals surface area contributed by atoms with Crippen LogP contribution in [0.3, 0.4) is 0 Å². The molecule has 1 aliphatic heterocycles. The number of aliphatic imine (C=N–C) groups is 1. The van der Waals surface area contributed by atoms with Crippen molar-refractivity contribution in [2.75, 3.05) is 0 Å². The van der Waals surface area contributed by atoms with Gasteiger partial charge in [0.25, 0.3) is 5.91 Å². The van der Waals surface area contributed by atoms with Crippen molar-refractivity contribution >= 4 is 57.2 Å². The van der Waals surface area contributed by atoms with Gasteiger partial charge in [-0.05, 0) is 76.3 Å². The number of amidine groups is 1. The number of halogens is 2. The number of thioether (sulfide) groups is 1. The molecular weight excluding hydrogens is 414 g/mol. The van der Waals surface area contributed by atoms with Gasteiger partial charge < -0.3 is 5.32 Å². The molecule has 0 radical (unpaired) electrons. The van der Waals surface area contributed by atoms with Crippen molar-refractivity contribution in [1.29, 1.82) is 0 Å². The zero-order valence-electron chi connectivity index (χ0n) is 11.2. The number of carbonyl (C=O) groups excluding carboxylic acids is 1. The first-order valence-corrected chi connectivity index (χ1v) is 8.30. The lowest BCUT2D eigenvalue weighted by Gasteiger charge is -1.96. The molecule has 6 heteroatoms. The summed E-state index contributed by atoms with van der Waals surface area (Å²) in [4.78, 5) is 16.9. The van der Waals surface area contributed by atoms with E-state index < -0.39 is 0 Å². The first kappa shape index (κ1) is 15.2. The normalized spacial score (nSPS) is 18.0. The zero-order chi connectivity index (χ0) is 15.5. The maximum Gasteiger partial charge on any atom is 0.264 e. The molecule has 2 aromatic rings. The zero-order valence-corrected chi connectivity index (χ0v) is 14.2. The van der Waals surface area contributed by atoms with E-state index in [-0.39, 0.29) is 11.7 Å². The second-order valence-electron chi connectivity index (χ2n) is 4.51. The Balaban J connectivity index is 1.82. The molecule has 1 heterocycles. The molecule has 1 aliphatic rings. The van der Waals surface area contributed by atoms with E-state index in [1.807, 2.05) is 24.3 Å². The number of rotatable bonds is 2. The lowest BCUT2D eigenvalue weighted by Crippen LogP contribution is -2.19. The van der Waals surface area contributed by atoms with Crippen LogP contribution in [0.25, 0.3) is 6.08 Å². The summed E-state index contributed by atoms with van der Waals surface area (Å²) < 4.78 is 14.0. The van der Waals surface area contributed by atoms with Gasteiger partial charge in [-0.2, -0.15) is 0 Å². The van der Waals surface area contributed by atoms with Gasteiger partial charge in [0.1, 0.15) is 5.82 Å². The molecule has 1 amide bonds. The minimum absolute atomic E-state index is 0.196. The Labute approximate surface area is 144 Å². The minimum atomic E-state index is -0.299. The largest absolute Gasteiger partial charge is 0.300 e. The first-order valence-electron chi connectivity index (χ1n) is 6.41. The van der Waals surface area contributed by atoms with E-state index in [2.05, 4.69) is 32.9 Å². The highest BCUT2D eigenvalue weighted by molar-refractivity contribution is 14.1. The second kappa shape index (κ2) is 6.62. The van der Waals surface area contributed by atoms with Crippen LogP contribution >= 0.6 is 34.4 Å². The van der Waals surface area contributed by atoms with Crippen molar-refractivity contribution in [3.63, 3.8) is 0 Å². The van der Waals surface area contributed by atoms with Crippen molar-refractivity contribution in [3.8, 4) is 0 Å². The van der Waals surface area contributed by atoms with Crippen LogP contribution in [0.4, 0.5) is 10.1 Å². The van der Waals surface area contributed by atoms with Gasteiger partial charge in [-0.15, -0.1) is 0 Å². The number of hydrogen-bond acceptors (Lipinski definition) is 3. The van der Waals surface area contributed by atoms with Crippen molar-refractivity contribution < 1.29 is 9.18 Å². The predicted molar refractivity (Wildman–Crippen MR) is 96.4 cm³/mol. The van der Waals surface area contributed by atoms with Gasteiger partial charge in [0.15, 0.2) is 5.17 Å². The quantitative estimate of drug-likeness (QED) is 0.577. The van der Waals surface area contributed by atoms with E-state index in [4.69, 9.17) is 0 Å². The summed E-state index contributed by atoms with van der Waals surface area (Å²) in [6.45, 7) is 0. The smallest absolute Gasteiger partial charge is 0.264 e.